The Kier molecular flexibility index (Phi) is 6.81. The standard InChI is InChI=1S/C20H21F2N3O3/c1-11(2)17(25-19(27)16-14(21)7-4-8-15(16)22)20(28)24-10-12-5-3-6-13(9-12)18(23)26/h3-9,11,17H,10H2,1-2H3,(H2,23,26)(H,24,28)(H,25,27). The molecular weight excluding hydrogens is 368 g/mol. The molecule has 148 valence electrons. The van der Waals surface area contributed by atoms with Crippen LogP contribution in [-0.2, 0) is 11.3 Å². The lowest BCUT2D eigenvalue weighted by Gasteiger charge is -2.22. The maximum Gasteiger partial charge on any atom is 0.257 e. The Morgan fingerprint density at radius 2 is 1.64 bits per heavy atom. The van der Waals surface area contributed by atoms with E-state index in [1.807, 2.05) is 0 Å². The average molecular weight is 389 g/mol. The molecule has 0 heterocycles. The van der Waals surface area contributed by atoms with Crippen molar-refractivity contribution >= 4 is 17.7 Å². The number of nitrogens with two attached hydrogens (primary N) is 1. The maximum absolute atomic E-state index is 13.8. The van der Waals surface area contributed by atoms with Gasteiger partial charge in [-0.05, 0) is 35.7 Å². The molecule has 1 unspecified atom stereocenters. The highest BCUT2D eigenvalue weighted by molar-refractivity contribution is 5.98. The SMILES string of the molecule is CC(C)C(NC(=O)c1c(F)cccc1F)C(=O)NCc1cccc(C(N)=O)c1. The Balaban J connectivity index is 2.09. The summed E-state index contributed by atoms with van der Waals surface area (Å²) in [4.78, 5) is 36.0. The van der Waals surface area contributed by atoms with Crippen molar-refractivity contribution in [2.24, 2.45) is 11.7 Å². The minimum Gasteiger partial charge on any atom is -0.366 e. The van der Waals surface area contributed by atoms with Gasteiger partial charge in [0.15, 0.2) is 0 Å². The molecule has 6 nitrogen and oxygen atoms in total. The van der Waals surface area contributed by atoms with E-state index in [-0.39, 0.29) is 12.5 Å². The van der Waals surface area contributed by atoms with Gasteiger partial charge in [-0.2, -0.15) is 0 Å². The van der Waals surface area contributed by atoms with Gasteiger partial charge in [0.2, 0.25) is 11.8 Å². The van der Waals surface area contributed by atoms with E-state index < -0.39 is 41.0 Å². The minimum absolute atomic E-state index is 0.0904. The Morgan fingerprint density at radius 1 is 1.04 bits per heavy atom. The Morgan fingerprint density at radius 3 is 2.21 bits per heavy atom. The first-order valence-corrected chi connectivity index (χ1v) is 8.62. The normalized spacial score (nSPS) is 11.8. The smallest absolute Gasteiger partial charge is 0.257 e. The quantitative estimate of drug-likeness (QED) is 0.676. The molecule has 0 aliphatic carbocycles. The zero-order valence-electron chi connectivity index (χ0n) is 15.5. The molecule has 8 heteroatoms. The summed E-state index contributed by atoms with van der Waals surface area (Å²) in [7, 11) is 0. The third-order valence-corrected chi connectivity index (χ3v) is 4.10. The fourth-order valence-corrected chi connectivity index (χ4v) is 2.60. The van der Waals surface area contributed by atoms with Gasteiger partial charge in [0, 0.05) is 12.1 Å². The van der Waals surface area contributed by atoms with Gasteiger partial charge in [0.1, 0.15) is 23.2 Å². The largest absolute Gasteiger partial charge is 0.366 e. The fourth-order valence-electron chi connectivity index (χ4n) is 2.60. The number of nitrogens with one attached hydrogen (secondary N) is 2. The minimum atomic E-state index is -1.01. The molecule has 0 aliphatic heterocycles. The second-order valence-electron chi connectivity index (χ2n) is 6.57. The van der Waals surface area contributed by atoms with Gasteiger partial charge < -0.3 is 16.4 Å². The van der Waals surface area contributed by atoms with Gasteiger partial charge in [-0.15, -0.1) is 0 Å². The van der Waals surface area contributed by atoms with E-state index in [9.17, 15) is 23.2 Å². The van der Waals surface area contributed by atoms with E-state index in [2.05, 4.69) is 10.6 Å². The summed E-state index contributed by atoms with van der Waals surface area (Å²) in [6, 6.07) is 8.49. The molecule has 1 atom stereocenters. The van der Waals surface area contributed by atoms with Crippen molar-refractivity contribution in [2.75, 3.05) is 0 Å². The number of rotatable bonds is 7. The predicted octanol–water partition coefficient (Wildman–Crippen LogP) is 2.13. The Labute approximate surface area is 161 Å². The molecule has 2 rings (SSSR count). The van der Waals surface area contributed by atoms with Crippen molar-refractivity contribution in [2.45, 2.75) is 26.4 Å². The summed E-state index contributed by atoms with van der Waals surface area (Å²) in [5, 5.41) is 5.01. The fraction of sp³-hybridized carbons (Fsp3) is 0.250. The molecule has 2 aromatic carbocycles. The summed E-state index contributed by atoms with van der Waals surface area (Å²) in [5.41, 5.74) is 5.42. The zero-order chi connectivity index (χ0) is 20.8. The zero-order valence-corrected chi connectivity index (χ0v) is 15.5. The lowest BCUT2D eigenvalue weighted by molar-refractivity contribution is -0.124. The topological polar surface area (TPSA) is 101 Å². The number of halogens is 2. The molecule has 0 spiro atoms. The van der Waals surface area contributed by atoms with Gasteiger partial charge in [-0.25, -0.2) is 8.78 Å². The highest BCUT2D eigenvalue weighted by Crippen LogP contribution is 2.13. The molecule has 0 saturated carbocycles. The van der Waals surface area contributed by atoms with E-state index in [0.717, 1.165) is 18.2 Å². The van der Waals surface area contributed by atoms with E-state index in [1.165, 1.54) is 0 Å². The maximum atomic E-state index is 13.8. The van der Waals surface area contributed by atoms with Crippen LogP contribution < -0.4 is 16.4 Å². The first kappa shape index (κ1) is 21.0. The first-order valence-electron chi connectivity index (χ1n) is 8.62. The van der Waals surface area contributed by atoms with Crippen LogP contribution in [-0.4, -0.2) is 23.8 Å². The number of amides is 3. The molecule has 0 bridgehead atoms. The van der Waals surface area contributed by atoms with Crippen LogP contribution in [0.3, 0.4) is 0 Å². The van der Waals surface area contributed by atoms with Crippen molar-refractivity contribution in [3.8, 4) is 0 Å². The van der Waals surface area contributed by atoms with Crippen molar-refractivity contribution in [1.29, 1.82) is 0 Å². The number of hydrogen-bond acceptors (Lipinski definition) is 3. The molecule has 0 aromatic heterocycles. The second-order valence-corrected chi connectivity index (χ2v) is 6.57. The molecule has 0 fully saturated rings. The summed E-state index contributed by atoms with van der Waals surface area (Å²) in [6.45, 7) is 3.47. The summed E-state index contributed by atoms with van der Waals surface area (Å²) in [5.74, 6) is -4.49. The molecular formula is C20H21F2N3O3. The lowest BCUT2D eigenvalue weighted by atomic mass is 10.0. The number of primary amides is 1. The van der Waals surface area contributed by atoms with E-state index >= 15 is 0 Å². The van der Waals surface area contributed by atoms with Crippen molar-refractivity contribution < 1.29 is 23.2 Å². The lowest BCUT2D eigenvalue weighted by Crippen LogP contribution is -2.49. The highest BCUT2D eigenvalue weighted by Gasteiger charge is 2.27. The molecule has 3 amide bonds. The van der Waals surface area contributed by atoms with Gasteiger partial charge in [0.05, 0.1) is 0 Å². The van der Waals surface area contributed by atoms with E-state index in [1.54, 1.807) is 38.1 Å². The van der Waals surface area contributed by atoms with Crippen molar-refractivity contribution in [1.82, 2.24) is 10.6 Å². The van der Waals surface area contributed by atoms with E-state index in [4.69, 9.17) is 5.73 Å². The molecule has 0 aliphatic rings. The summed E-state index contributed by atoms with van der Waals surface area (Å²) < 4.78 is 27.6. The van der Waals surface area contributed by atoms with Crippen molar-refractivity contribution in [3.05, 3.63) is 70.8 Å². The van der Waals surface area contributed by atoms with Crippen LogP contribution in [0.1, 0.15) is 40.1 Å². The highest BCUT2D eigenvalue weighted by atomic mass is 19.1. The summed E-state index contributed by atoms with van der Waals surface area (Å²) >= 11 is 0. The van der Waals surface area contributed by atoms with Crippen LogP contribution in [0, 0.1) is 17.6 Å². The van der Waals surface area contributed by atoms with E-state index in [0.29, 0.717) is 11.1 Å². The van der Waals surface area contributed by atoms with Crippen LogP contribution in [0.15, 0.2) is 42.5 Å². The van der Waals surface area contributed by atoms with Gasteiger partial charge in [0.25, 0.3) is 5.91 Å². The molecule has 0 saturated heterocycles. The molecule has 28 heavy (non-hydrogen) atoms. The first-order chi connectivity index (χ1) is 13.2. The number of benzene rings is 2. The number of hydrogen-bond donors (Lipinski definition) is 3. The van der Waals surface area contributed by atoms with Crippen LogP contribution in [0.4, 0.5) is 8.78 Å². The molecule has 4 N–H and O–H groups in total. The molecule has 2 aromatic rings. The second kappa shape index (κ2) is 9.07. The summed E-state index contributed by atoms with van der Waals surface area (Å²) in [6.07, 6.45) is 0. The van der Waals surface area contributed by atoms with Crippen LogP contribution in [0.5, 0.6) is 0 Å². The number of carbonyl (C=O) groups excluding carboxylic acids is 3. The van der Waals surface area contributed by atoms with Crippen LogP contribution >= 0.6 is 0 Å². The third-order valence-electron chi connectivity index (χ3n) is 4.10. The van der Waals surface area contributed by atoms with Crippen LogP contribution in [0.2, 0.25) is 0 Å². The average Bonchev–Trinajstić information content (AvgIpc) is 2.64. The number of carbonyl (C=O) groups is 3. The molecule has 0 radical (unpaired) electrons. The van der Waals surface area contributed by atoms with Crippen LogP contribution in [0.25, 0.3) is 0 Å². The van der Waals surface area contributed by atoms with Gasteiger partial charge in [-0.1, -0.05) is 32.0 Å². The monoisotopic (exact) mass is 389 g/mol. The predicted molar refractivity (Wildman–Crippen MR) is 99.3 cm³/mol. The van der Waals surface area contributed by atoms with Gasteiger partial charge >= 0.3 is 0 Å². The van der Waals surface area contributed by atoms with Gasteiger partial charge in [-0.3, -0.25) is 14.4 Å². The Bertz CT molecular complexity index is 880. The van der Waals surface area contributed by atoms with Crippen molar-refractivity contribution in [3.63, 3.8) is 0 Å². The Hall–Kier alpha value is -3.29. The third kappa shape index (κ3) is 5.12.